The summed E-state index contributed by atoms with van der Waals surface area (Å²) < 4.78 is 16.4. The van der Waals surface area contributed by atoms with Crippen LogP contribution in [0.3, 0.4) is 0 Å². The summed E-state index contributed by atoms with van der Waals surface area (Å²) in [5.74, 6) is 0.802. The summed E-state index contributed by atoms with van der Waals surface area (Å²) in [6, 6.07) is 12.0. The number of hydrogen-bond acceptors (Lipinski definition) is 5. The quantitative estimate of drug-likeness (QED) is 0.678. The highest BCUT2D eigenvalue weighted by atomic mass is 16.6. The molecule has 0 amide bonds. The summed E-state index contributed by atoms with van der Waals surface area (Å²) in [5.41, 5.74) is 3.27. The topological polar surface area (TPSA) is 60.8 Å². The zero-order chi connectivity index (χ0) is 17.2. The van der Waals surface area contributed by atoms with Gasteiger partial charge in [0, 0.05) is 18.5 Å². The van der Waals surface area contributed by atoms with E-state index in [9.17, 15) is 0 Å². The van der Waals surface area contributed by atoms with Gasteiger partial charge in [-0.3, -0.25) is 4.98 Å². The molecule has 130 valence electrons. The number of aliphatic hydroxyl groups excluding tert-OH is 1. The third-order valence-electron chi connectivity index (χ3n) is 3.49. The summed E-state index contributed by atoms with van der Waals surface area (Å²) >= 11 is 0. The summed E-state index contributed by atoms with van der Waals surface area (Å²) in [4.78, 5) is 4.21. The smallest absolute Gasteiger partial charge is 0.119 e. The molecule has 0 aliphatic rings. The van der Waals surface area contributed by atoms with E-state index < -0.39 is 0 Å². The highest BCUT2D eigenvalue weighted by Crippen LogP contribution is 2.22. The van der Waals surface area contributed by atoms with Crippen molar-refractivity contribution in [2.75, 3.05) is 33.0 Å². The average molecular weight is 331 g/mol. The fraction of sp³-hybridized carbons (Fsp3) is 0.421. The molecule has 0 saturated carbocycles. The lowest BCUT2D eigenvalue weighted by molar-refractivity contribution is -0.0419. The second-order valence-electron chi connectivity index (χ2n) is 5.39. The summed E-state index contributed by atoms with van der Waals surface area (Å²) in [5, 5.41) is 9.09. The number of aromatic nitrogens is 1. The lowest BCUT2D eigenvalue weighted by atomic mass is 10.1. The Morgan fingerprint density at radius 2 is 1.88 bits per heavy atom. The average Bonchev–Trinajstić information content (AvgIpc) is 2.61. The summed E-state index contributed by atoms with van der Waals surface area (Å²) in [6.07, 6.45) is 1.55. The number of pyridine rings is 1. The van der Waals surface area contributed by atoms with Crippen LogP contribution >= 0.6 is 0 Å². The van der Waals surface area contributed by atoms with Gasteiger partial charge in [-0.2, -0.15) is 0 Å². The van der Waals surface area contributed by atoms with Crippen LogP contribution in [0.25, 0.3) is 11.1 Å². The van der Waals surface area contributed by atoms with Gasteiger partial charge < -0.3 is 19.3 Å². The molecular formula is C19H25NO4. The number of nitrogens with zero attached hydrogens (tertiary/aromatic N) is 1. The molecule has 0 aliphatic carbocycles. The SMILES string of the molecule is CCOC(CO)COCCOc1ccc(-c2ccnc(C)c2)cc1. The molecule has 2 aromatic rings. The zero-order valence-corrected chi connectivity index (χ0v) is 14.3. The fourth-order valence-electron chi connectivity index (χ4n) is 2.29. The highest BCUT2D eigenvalue weighted by molar-refractivity contribution is 5.64. The number of ether oxygens (including phenoxy) is 3. The molecule has 0 bridgehead atoms. The first-order chi connectivity index (χ1) is 11.7. The first kappa shape index (κ1) is 18.4. The van der Waals surface area contributed by atoms with E-state index in [1.807, 2.05) is 50.4 Å². The molecule has 1 aromatic heterocycles. The van der Waals surface area contributed by atoms with Crippen LogP contribution in [0.2, 0.25) is 0 Å². The molecule has 5 nitrogen and oxygen atoms in total. The Morgan fingerprint density at radius 1 is 1.08 bits per heavy atom. The second kappa shape index (κ2) is 10.0. The van der Waals surface area contributed by atoms with Gasteiger partial charge in [0.2, 0.25) is 0 Å². The Labute approximate surface area is 143 Å². The van der Waals surface area contributed by atoms with Crippen LogP contribution in [0.1, 0.15) is 12.6 Å². The van der Waals surface area contributed by atoms with Crippen LogP contribution in [0.15, 0.2) is 42.6 Å². The van der Waals surface area contributed by atoms with Crippen LogP contribution in [-0.2, 0) is 9.47 Å². The maximum atomic E-state index is 9.09. The van der Waals surface area contributed by atoms with Gasteiger partial charge in [0.25, 0.3) is 0 Å². The van der Waals surface area contributed by atoms with Crippen LogP contribution < -0.4 is 4.74 Å². The van der Waals surface area contributed by atoms with Crippen molar-refractivity contribution < 1.29 is 19.3 Å². The molecule has 0 fully saturated rings. The zero-order valence-electron chi connectivity index (χ0n) is 14.3. The number of benzene rings is 1. The van der Waals surface area contributed by atoms with E-state index in [4.69, 9.17) is 19.3 Å². The number of aryl methyl sites for hydroxylation is 1. The molecular weight excluding hydrogens is 306 g/mol. The van der Waals surface area contributed by atoms with Crippen molar-refractivity contribution in [2.24, 2.45) is 0 Å². The van der Waals surface area contributed by atoms with Crippen molar-refractivity contribution in [3.63, 3.8) is 0 Å². The molecule has 0 radical (unpaired) electrons. The molecule has 2 rings (SSSR count). The summed E-state index contributed by atoms with van der Waals surface area (Å²) in [7, 11) is 0. The standard InChI is InChI=1S/C19H25NO4/c1-3-23-19(13-21)14-22-10-11-24-18-6-4-16(5-7-18)17-8-9-20-15(2)12-17/h4-9,12,19,21H,3,10-11,13-14H2,1-2H3. The predicted molar refractivity (Wildman–Crippen MR) is 93.2 cm³/mol. The van der Waals surface area contributed by atoms with Crippen LogP contribution in [0, 0.1) is 6.92 Å². The molecule has 1 N–H and O–H groups in total. The van der Waals surface area contributed by atoms with E-state index in [0.29, 0.717) is 26.4 Å². The van der Waals surface area contributed by atoms with Crippen molar-refractivity contribution in [2.45, 2.75) is 20.0 Å². The van der Waals surface area contributed by atoms with E-state index in [0.717, 1.165) is 22.6 Å². The Balaban J connectivity index is 1.74. The molecule has 1 atom stereocenters. The Kier molecular flexibility index (Phi) is 7.68. The van der Waals surface area contributed by atoms with Crippen molar-refractivity contribution in [3.05, 3.63) is 48.3 Å². The minimum Gasteiger partial charge on any atom is -0.491 e. The van der Waals surface area contributed by atoms with Gasteiger partial charge in [-0.1, -0.05) is 12.1 Å². The van der Waals surface area contributed by atoms with Crippen LogP contribution in [0.5, 0.6) is 5.75 Å². The largest absolute Gasteiger partial charge is 0.491 e. The van der Waals surface area contributed by atoms with Crippen LogP contribution in [0.4, 0.5) is 0 Å². The third kappa shape index (κ3) is 5.92. The first-order valence-corrected chi connectivity index (χ1v) is 8.19. The first-order valence-electron chi connectivity index (χ1n) is 8.19. The van der Waals surface area contributed by atoms with Gasteiger partial charge in [0.15, 0.2) is 0 Å². The van der Waals surface area contributed by atoms with E-state index >= 15 is 0 Å². The minimum absolute atomic E-state index is 0.0371. The fourth-order valence-corrected chi connectivity index (χ4v) is 2.29. The molecule has 0 spiro atoms. The number of hydrogen-bond donors (Lipinski definition) is 1. The van der Waals surface area contributed by atoms with Gasteiger partial charge in [-0.15, -0.1) is 0 Å². The predicted octanol–water partition coefficient (Wildman–Crippen LogP) is 2.85. The monoisotopic (exact) mass is 331 g/mol. The summed E-state index contributed by atoms with van der Waals surface area (Å²) in [6.45, 7) is 5.68. The molecule has 1 unspecified atom stereocenters. The van der Waals surface area contributed by atoms with Gasteiger partial charge in [-0.25, -0.2) is 0 Å². The second-order valence-corrected chi connectivity index (χ2v) is 5.39. The number of rotatable bonds is 10. The minimum atomic E-state index is -0.266. The molecule has 1 heterocycles. The Bertz CT molecular complexity index is 601. The van der Waals surface area contributed by atoms with Gasteiger partial charge in [-0.05, 0) is 49.2 Å². The van der Waals surface area contributed by atoms with Crippen molar-refractivity contribution in [1.82, 2.24) is 4.98 Å². The van der Waals surface area contributed by atoms with Crippen molar-refractivity contribution >= 4 is 0 Å². The van der Waals surface area contributed by atoms with Gasteiger partial charge in [0.1, 0.15) is 18.5 Å². The maximum Gasteiger partial charge on any atom is 0.119 e. The van der Waals surface area contributed by atoms with Crippen LogP contribution in [-0.4, -0.2) is 49.2 Å². The molecule has 24 heavy (non-hydrogen) atoms. The molecule has 1 aromatic carbocycles. The van der Waals surface area contributed by atoms with E-state index in [1.54, 1.807) is 0 Å². The van der Waals surface area contributed by atoms with E-state index in [1.165, 1.54) is 0 Å². The normalized spacial score (nSPS) is 12.1. The van der Waals surface area contributed by atoms with Gasteiger partial charge >= 0.3 is 0 Å². The maximum absolute atomic E-state index is 9.09. The molecule has 0 aliphatic heterocycles. The highest BCUT2D eigenvalue weighted by Gasteiger charge is 2.06. The molecule has 0 saturated heterocycles. The number of aliphatic hydroxyl groups is 1. The van der Waals surface area contributed by atoms with Crippen molar-refractivity contribution in [1.29, 1.82) is 0 Å². The van der Waals surface area contributed by atoms with Crippen molar-refractivity contribution in [3.8, 4) is 16.9 Å². The lowest BCUT2D eigenvalue weighted by Crippen LogP contribution is -2.25. The Hall–Kier alpha value is -1.95. The van der Waals surface area contributed by atoms with E-state index in [2.05, 4.69) is 11.1 Å². The molecule has 5 heteroatoms. The Morgan fingerprint density at radius 3 is 2.54 bits per heavy atom. The van der Waals surface area contributed by atoms with E-state index in [-0.39, 0.29) is 12.7 Å². The van der Waals surface area contributed by atoms with Gasteiger partial charge in [0.05, 0.1) is 19.8 Å². The third-order valence-corrected chi connectivity index (χ3v) is 3.49. The lowest BCUT2D eigenvalue weighted by Gasteiger charge is -2.14.